The van der Waals surface area contributed by atoms with Gasteiger partial charge in [-0.2, -0.15) is 5.10 Å². The predicted octanol–water partition coefficient (Wildman–Crippen LogP) is 0.204. The molecule has 1 aliphatic rings. The maximum Gasteiger partial charge on any atom is 0.276 e. The lowest BCUT2D eigenvalue weighted by Gasteiger charge is -2.22. The van der Waals surface area contributed by atoms with Crippen molar-refractivity contribution in [3.05, 3.63) is 11.4 Å². The number of carbonyl (C=O) groups is 1. The van der Waals surface area contributed by atoms with E-state index in [1.54, 1.807) is 7.05 Å². The number of carbonyl (C=O) groups excluding carboxylic acids is 1. The van der Waals surface area contributed by atoms with Crippen LogP contribution < -0.4 is 5.73 Å². The van der Waals surface area contributed by atoms with Crippen LogP contribution >= 0.6 is 0 Å². The Hall–Kier alpha value is -1.57. The van der Waals surface area contributed by atoms with Crippen LogP contribution in [-0.4, -0.2) is 54.0 Å². The molecule has 1 aromatic heterocycles. The Morgan fingerprint density at radius 3 is 2.80 bits per heavy atom. The van der Waals surface area contributed by atoms with E-state index in [-0.39, 0.29) is 29.1 Å². The Kier molecular flexibility index (Phi) is 4.03. The number of H-pyrrole nitrogens is 1. The van der Waals surface area contributed by atoms with Crippen molar-refractivity contribution in [3.63, 3.8) is 0 Å². The summed E-state index contributed by atoms with van der Waals surface area (Å²) >= 11 is 0. The van der Waals surface area contributed by atoms with E-state index in [0.717, 1.165) is 18.5 Å². The third kappa shape index (κ3) is 2.79. The van der Waals surface area contributed by atoms with Gasteiger partial charge >= 0.3 is 0 Å². The van der Waals surface area contributed by atoms with Gasteiger partial charge in [0.15, 0.2) is 15.5 Å². The highest BCUT2D eigenvalue weighted by Gasteiger charge is 2.34. The number of aryl methyl sites for hydroxylation is 1. The van der Waals surface area contributed by atoms with E-state index < -0.39 is 9.84 Å². The molecule has 1 saturated heterocycles. The van der Waals surface area contributed by atoms with Crippen molar-refractivity contribution in [2.24, 2.45) is 0 Å². The van der Waals surface area contributed by atoms with E-state index in [9.17, 15) is 13.2 Å². The van der Waals surface area contributed by atoms with Gasteiger partial charge in [-0.1, -0.05) is 13.3 Å². The summed E-state index contributed by atoms with van der Waals surface area (Å²) in [6.07, 6.45) is 2.10. The van der Waals surface area contributed by atoms with Gasteiger partial charge < -0.3 is 10.6 Å². The number of hydrogen-bond acceptors (Lipinski definition) is 5. The molecule has 112 valence electrons. The van der Waals surface area contributed by atoms with E-state index in [0.29, 0.717) is 12.1 Å². The van der Waals surface area contributed by atoms with Crippen molar-refractivity contribution >= 4 is 21.4 Å². The molecule has 2 rings (SSSR count). The van der Waals surface area contributed by atoms with Gasteiger partial charge in [-0.05, 0) is 12.8 Å². The lowest BCUT2D eigenvalue weighted by Crippen LogP contribution is -2.38. The lowest BCUT2D eigenvalue weighted by molar-refractivity contribution is 0.0743. The predicted molar refractivity (Wildman–Crippen MR) is 76.1 cm³/mol. The van der Waals surface area contributed by atoms with Crippen molar-refractivity contribution in [1.29, 1.82) is 0 Å². The minimum atomic E-state index is -3.02. The molecule has 0 bridgehead atoms. The van der Waals surface area contributed by atoms with Crippen LogP contribution in [0.3, 0.4) is 0 Å². The number of nitrogen functional groups attached to an aromatic ring is 1. The van der Waals surface area contributed by atoms with Crippen molar-refractivity contribution in [1.82, 2.24) is 15.1 Å². The molecular formula is C12H20N4O3S. The second-order valence-corrected chi connectivity index (χ2v) is 7.42. The minimum Gasteiger partial charge on any atom is -0.395 e. The Balaban J connectivity index is 2.15. The lowest BCUT2D eigenvalue weighted by atomic mass is 10.1. The number of rotatable bonds is 4. The Morgan fingerprint density at radius 1 is 1.55 bits per heavy atom. The van der Waals surface area contributed by atoms with Crippen LogP contribution in [0.4, 0.5) is 5.69 Å². The van der Waals surface area contributed by atoms with E-state index in [1.807, 2.05) is 6.92 Å². The summed E-state index contributed by atoms with van der Waals surface area (Å²) in [5.74, 6) is -0.184. The molecule has 0 aromatic carbocycles. The molecule has 8 heteroatoms. The number of aromatic amines is 1. The Labute approximate surface area is 118 Å². The fraction of sp³-hybridized carbons (Fsp3) is 0.667. The first-order valence-corrected chi connectivity index (χ1v) is 8.48. The first-order chi connectivity index (χ1) is 9.35. The Morgan fingerprint density at radius 2 is 2.25 bits per heavy atom. The van der Waals surface area contributed by atoms with Crippen LogP contribution in [0.5, 0.6) is 0 Å². The van der Waals surface area contributed by atoms with Gasteiger partial charge in [0.1, 0.15) is 0 Å². The fourth-order valence-electron chi connectivity index (χ4n) is 2.40. The molecule has 0 radical (unpaired) electrons. The fourth-order valence-corrected chi connectivity index (χ4v) is 4.18. The molecule has 2 heterocycles. The molecule has 0 saturated carbocycles. The number of nitrogens with one attached hydrogen (secondary N) is 1. The molecule has 1 amide bonds. The molecule has 0 aliphatic carbocycles. The summed E-state index contributed by atoms with van der Waals surface area (Å²) in [6.45, 7) is 2.01. The zero-order valence-electron chi connectivity index (χ0n) is 11.7. The van der Waals surface area contributed by atoms with Gasteiger partial charge in [0.25, 0.3) is 5.91 Å². The number of aromatic nitrogens is 2. The van der Waals surface area contributed by atoms with Gasteiger partial charge in [-0.3, -0.25) is 9.89 Å². The second-order valence-electron chi connectivity index (χ2n) is 5.19. The monoisotopic (exact) mass is 300 g/mol. The third-order valence-electron chi connectivity index (χ3n) is 3.66. The van der Waals surface area contributed by atoms with Crippen LogP contribution in [0.1, 0.15) is 35.9 Å². The molecule has 7 nitrogen and oxygen atoms in total. The quantitative estimate of drug-likeness (QED) is 0.825. The molecule has 3 N–H and O–H groups in total. The van der Waals surface area contributed by atoms with Gasteiger partial charge in [0.2, 0.25) is 0 Å². The van der Waals surface area contributed by atoms with Crippen molar-refractivity contribution in [2.45, 2.75) is 32.2 Å². The van der Waals surface area contributed by atoms with E-state index in [2.05, 4.69) is 10.2 Å². The minimum absolute atomic E-state index is 0.0153. The molecular weight excluding hydrogens is 280 g/mol. The van der Waals surface area contributed by atoms with Crippen LogP contribution in [0.2, 0.25) is 0 Å². The number of nitrogens with two attached hydrogens (primary N) is 1. The summed E-state index contributed by atoms with van der Waals surface area (Å²) < 4.78 is 23.0. The number of hydrogen-bond donors (Lipinski definition) is 2. The molecule has 1 aromatic rings. The highest BCUT2D eigenvalue weighted by molar-refractivity contribution is 7.91. The largest absolute Gasteiger partial charge is 0.395 e. The average molecular weight is 300 g/mol. The molecule has 20 heavy (non-hydrogen) atoms. The highest BCUT2D eigenvalue weighted by Crippen LogP contribution is 2.21. The number of anilines is 1. The summed E-state index contributed by atoms with van der Waals surface area (Å²) in [7, 11) is -1.42. The number of sulfone groups is 1. The van der Waals surface area contributed by atoms with Crippen molar-refractivity contribution < 1.29 is 13.2 Å². The SMILES string of the molecule is CCCc1[nH]nc(C(=O)N(C)C2CCS(=O)(=O)C2)c1N. The first kappa shape index (κ1) is 14.8. The van der Waals surface area contributed by atoms with Crippen molar-refractivity contribution in [2.75, 3.05) is 24.3 Å². The van der Waals surface area contributed by atoms with E-state index in [1.165, 1.54) is 4.90 Å². The summed E-state index contributed by atoms with van der Waals surface area (Å²) in [4.78, 5) is 13.8. The smallest absolute Gasteiger partial charge is 0.276 e. The first-order valence-electron chi connectivity index (χ1n) is 6.66. The van der Waals surface area contributed by atoms with Gasteiger partial charge in [-0.25, -0.2) is 8.42 Å². The number of amides is 1. The second kappa shape index (κ2) is 5.43. The zero-order chi connectivity index (χ0) is 14.9. The van der Waals surface area contributed by atoms with Crippen LogP contribution in [-0.2, 0) is 16.3 Å². The van der Waals surface area contributed by atoms with Crippen LogP contribution in [0.15, 0.2) is 0 Å². The maximum atomic E-state index is 12.3. The van der Waals surface area contributed by atoms with E-state index in [4.69, 9.17) is 5.73 Å². The molecule has 1 atom stereocenters. The summed E-state index contributed by atoms with van der Waals surface area (Å²) in [5, 5.41) is 6.75. The summed E-state index contributed by atoms with van der Waals surface area (Å²) in [5.41, 5.74) is 7.22. The Bertz CT molecular complexity index is 608. The van der Waals surface area contributed by atoms with Gasteiger partial charge in [0, 0.05) is 13.1 Å². The normalized spacial score (nSPS) is 21.0. The summed E-state index contributed by atoms with van der Waals surface area (Å²) in [6, 6.07) is -0.293. The maximum absolute atomic E-state index is 12.3. The molecule has 1 fully saturated rings. The van der Waals surface area contributed by atoms with Gasteiger partial charge in [-0.15, -0.1) is 0 Å². The average Bonchev–Trinajstić information content (AvgIpc) is 2.92. The highest BCUT2D eigenvalue weighted by atomic mass is 32.2. The molecule has 0 spiro atoms. The van der Waals surface area contributed by atoms with Gasteiger partial charge in [0.05, 0.1) is 22.9 Å². The third-order valence-corrected chi connectivity index (χ3v) is 5.41. The van der Waals surface area contributed by atoms with E-state index >= 15 is 0 Å². The van der Waals surface area contributed by atoms with Crippen LogP contribution in [0.25, 0.3) is 0 Å². The van der Waals surface area contributed by atoms with Crippen LogP contribution in [0, 0.1) is 0 Å². The van der Waals surface area contributed by atoms with Crippen molar-refractivity contribution in [3.8, 4) is 0 Å². The molecule has 1 aliphatic heterocycles. The standard InChI is InChI=1S/C12H20N4O3S/c1-3-4-9-10(13)11(15-14-9)12(17)16(2)8-5-6-20(18,19)7-8/h8H,3-7,13H2,1-2H3,(H,14,15). The zero-order valence-corrected chi connectivity index (χ0v) is 12.5. The number of nitrogens with zero attached hydrogens (tertiary/aromatic N) is 2. The molecule has 1 unspecified atom stereocenters. The topological polar surface area (TPSA) is 109 Å².